The first-order valence-electron chi connectivity index (χ1n) is 16.8. The highest BCUT2D eigenvalue weighted by molar-refractivity contribution is 6.15. The molecule has 1 spiro atoms. The molecule has 262 valence electrons. The van der Waals surface area contributed by atoms with Crippen LogP contribution in [-0.4, -0.2) is 92.7 Å². The van der Waals surface area contributed by atoms with Gasteiger partial charge in [0.15, 0.2) is 0 Å². The van der Waals surface area contributed by atoms with Crippen molar-refractivity contribution in [3.63, 3.8) is 0 Å². The Labute approximate surface area is 297 Å². The number of nitrogens with two attached hydrogens (primary N) is 1. The summed E-state index contributed by atoms with van der Waals surface area (Å²) in [6.45, 7) is 3.07. The number of likely N-dealkylation sites (tertiary alicyclic amines) is 1. The van der Waals surface area contributed by atoms with E-state index in [4.69, 9.17) is 32.4 Å². The Morgan fingerprint density at radius 3 is 2.45 bits per heavy atom. The number of nitrogens with one attached hydrogen (secondary N) is 3. The lowest BCUT2D eigenvalue weighted by atomic mass is 9.85. The lowest BCUT2D eigenvalue weighted by Crippen LogP contribution is -2.43. The number of methoxy groups -OCH3 is 1. The second-order valence-corrected chi connectivity index (χ2v) is 13.0. The van der Waals surface area contributed by atoms with Crippen molar-refractivity contribution in [3.05, 3.63) is 94.6 Å². The molecule has 3 aliphatic rings. The van der Waals surface area contributed by atoms with Crippen LogP contribution in [0.1, 0.15) is 47.1 Å². The van der Waals surface area contributed by atoms with E-state index in [2.05, 4.69) is 22.2 Å². The van der Waals surface area contributed by atoms with Gasteiger partial charge in [-0.1, -0.05) is 30.2 Å². The number of carbonyl (C=O) groups excluding carboxylic acids is 3. The molecule has 3 aromatic carbocycles. The van der Waals surface area contributed by atoms with Crippen LogP contribution in [0.3, 0.4) is 0 Å². The zero-order valence-corrected chi connectivity index (χ0v) is 28.8. The highest BCUT2D eigenvalue weighted by Gasteiger charge is 2.51. The number of nitrogen functional groups attached to an aromatic ring is 1. The van der Waals surface area contributed by atoms with Crippen molar-refractivity contribution < 1.29 is 23.9 Å². The Kier molecular flexibility index (Phi) is 9.93. The van der Waals surface area contributed by atoms with Gasteiger partial charge in [0.05, 0.1) is 30.3 Å². The molecular weight excluding hydrogens is 646 g/mol. The molecule has 51 heavy (non-hydrogen) atoms. The van der Waals surface area contributed by atoms with E-state index in [1.165, 1.54) is 14.2 Å². The van der Waals surface area contributed by atoms with E-state index < -0.39 is 11.5 Å². The Morgan fingerprint density at radius 2 is 1.76 bits per heavy atom. The maximum absolute atomic E-state index is 14.0. The van der Waals surface area contributed by atoms with Gasteiger partial charge in [-0.05, 0) is 79.4 Å². The van der Waals surface area contributed by atoms with Crippen molar-refractivity contribution in [2.24, 2.45) is 5.41 Å². The van der Waals surface area contributed by atoms with Gasteiger partial charge < -0.3 is 30.3 Å². The highest BCUT2D eigenvalue weighted by atomic mass is 16.6. The van der Waals surface area contributed by atoms with Crippen LogP contribution in [-0.2, 0) is 14.3 Å². The fraction of sp³-hybridized carbons (Fsp3) is 0.308. The molecule has 0 unspecified atom stereocenters. The molecule has 0 aliphatic carbocycles. The molecule has 2 saturated heterocycles. The van der Waals surface area contributed by atoms with E-state index in [0.29, 0.717) is 91.4 Å². The predicted octanol–water partition coefficient (Wildman–Crippen LogP) is 4.10. The number of nitrogens with zero attached hydrogens (tertiary/aromatic N) is 3. The van der Waals surface area contributed by atoms with Crippen LogP contribution in [0.25, 0.3) is 5.57 Å². The third kappa shape index (κ3) is 7.07. The standard InChI is InChI=1S/C39H41N7O5/c1-4-25-5-10-29(21-33(25)50-3)35(41)31-22-30(11-12-32(31)40)46-20-16-39(37(46)48)15-19-44(24-39)23-34(47)45-17-13-27(14-18-45)26-6-8-28(9-7-26)36(42)51-38(49)43-2/h1,5-13,21-22,41-42H,14-20,23-24,40H2,2-3H3,(H,43,49)/t39-/m0/s1. The van der Waals surface area contributed by atoms with E-state index in [1.54, 1.807) is 47.4 Å². The fourth-order valence-electron chi connectivity index (χ4n) is 7.08. The molecule has 0 radical (unpaired) electrons. The summed E-state index contributed by atoms with van der Waals surface area (Å²) in [5.41, 5.74) is 11.4. The van der Waals surface area contributed by atoms with Crippen molar-refractivity contribution >= 4 is 46.5 Å². The number of hydrogen-bond donors (Lipinski definition) is 4. The Balaban J connectivity index is 1.05. The summed E-state index contributed by atoms with van der Waals surface area (Å²) in [6, 6.07) is 17.8. The van der Waals surface area contributed by atoms with Crippen LogP contribution in [0.4, 0.5) is 16.2 Å². The third-order valence-electron chi connectivity index (χ3n) is 10.0. The number of rotatable bonds is 8. The SMILES string of the molecule is C#Cc1ccc(C(=N)c2cc(N3CC[C@]4(CCN(CC(=O)N5CC=C(c6ccc(C(=N)OC(=O)NC)cc6)CC5)C4)C3=O)ccc2N)cc1OC. The molecule has 0 bridgehead atoms. The van der Waals surface area contributed by atoms with Crippen LogP contribution in [0.2, 0.25) is 0 Å². The van der Waals surface area contributed by atoms with Gasteiger partial charge in [0, 0.05) is 61.3 Å². The maximum Gasteiger partial charge on any atom is 0.413 e. The summed E-state index contributed by atoms with van der Waals surface area (Å²) in [7, 11) is 2.96. The normalized spacial score (nSPS) is 18.7. The van der Waals surface area contributed by atoms with Gasteiger partial charge in [0.2, 0.25) is 17.7 Å². The molecule has 3 heterocycles. The Bertz CT molecular complexity index is 1980. The van der Waals surface area contributed by atoms with Crippen LogP contribution in [0.5, 0.6) is 5.75 Å². The minimum atomic E-state index is -0.692. The Morgan fingerprint density at radius 1 is 1.02 bits per heavy atom. The number of hydrogen-bond acceptors (Lipinski definition) is 9. The first-order chi connectivity index (χ1) is 24.5. The van der Waals surface area contributed by atoms with Crippen molar-refractivity contribution in [1.29, 1.82) is 10.8 Å². The molecule has 12 heteroatoms. The van der Waals surface area contributed by atoms with E-state index in [0.717, 1.165) is 11.1 Å². The molecule has 6 rings (SSSR count). The number of amides is 3. The highest BCUT2D eigenvalue weighted by Crippen LogP contribution is 2.43. The van der Waals surface area contributed by atoms with Gasteiger partial charge in [-0.25, -0.2) is 4.79 Å². The molecule has 12 nitrogen and oxygen atoms in total. The number of carbonyl (C=O) groups is 3. The molecule has 1 atom stereocenters. The largest absolute Gasteiger partial charge is 0.495 e. The summed E-state index contributed by atoms with van der Waals surface area (Å²) >= 11 is 0. The molecule has 0 saturated carbocycles. The van der Waals surface area contributed by atoms with Gasteiger partial charge in [-0.3, -0.25) is 25.3 Å². The van der Waals surface area contributed by atoms with Crippen LogP contribution < -0.4 is 20.7 Å². The first-order valence-corrected chi connectivity index (χ1v) is 16.8. The minimum Gasteiger partial charge on any atom is -0.495 e. The average molecular weight is 688 g/mol. The lowest BCUT2D eigenvalue weighted by molar-refractivity contribution is -0.132. The zero-order valence-electron chi connectivity index (χ0n) is 28.8. The maximum atomic E-state index is 14.0. The predicted molar refractivity (Wildman–Crippen MR) is 196 cm³/mol. The van der Waals surface area contributed by atoms with Gasteiger partial charge in [0.1, 0.15) is 5.75 Å². The monoisotopic (exact) mass is 687 g/mol. The van der Waals surface area contributed by atoms with Crippen LogP contribution >= 0.6 is 0 Å². The number of benzene rings is 3. The second kappa shape index (κ2) is 14.5. The van der Waals surface area contributed by atoms with E-state index in [9.17, 15) is 14.4 Å². The zero-order chi connectivity index (χ0) is 36.3. The Hall–Kier alpha value is -5.93. The molecule has 3 amide bonds. The van der Waals surface area contributed by atoms with Crippen molar-refractivity contribution in [2.75, 3.05) is 64.1 Å². The fourth-order valence-corrected chi connectivity index (χ4v) is 7.08. The van der Waals surface area contributed by atoms with Gasteiger partial charge >= 0.3 is 6.09 Å². The van der Waals surface area contributed by atoms with Crippen molar-refractivity contribution in [3.8, 4) is 18.1 Å². The summed E-state index contributed by atoms with van der Waals surface area (Å²) in [6.07, 6.45) is 8.99. The van der Waals surface area contributed by atoms with Gasteiger partial charge in [0.25, 0.3) is 0 Å². The van der Waals surface area contributed by atoms with Crippen molar-refractivity contribution in [2.45, 2.75) is 19.3 Å². The van der Waals surface area contributed by atoms with Crippen LogP contribution in [0, 0.1) is 28.6 Å². The second-order valence-electron chi connectivity index (χ2n) is 13.0. The summed E-state index contributed by atoms with van der Waals surface area (Å²) in [5.74, 6) is 2.91. The quantitative estimate of drug-likeness (QED) is 0.120. The third-order valence-corrected chi connectivity index (χ3v) is 10.0. The molecule has 3 aromatic rings. The van der Waals surface area contributed by atoms with Crippen LogP contribution in [0.15, 0.2) is 66.7 Å². The number of alkyl carbamates (subject to hydrolysis) is 1. The first kappa shape index (κ1) is 34.9. The van der Waals surface area contributed by atoms with E-state index in [-0.39, 0.29) is 30.0 Å². The van der Waals surface area contributed by atoms with E-state index >= 15 is 0 Å². The topological polar surface area (TPSA) is 165 Å². The van der Waals surface area contributed by atoms with Gasteiger partial charge in [-0.2, -0.15) is 0 Å². The lowest BCUT2D eigenvalue weighted by Gasteiger charge is -2.29. The van der Waals surface area contributed by atoms with Crippen molar-refractivity contribution in [1.82, 2.24) is 15.1 Å². The summed E-state index contributed by atoms with van der Waals surface area (Å²) < 4.78 is 10.3. The molecule has 2 fully saturated rings. The summed E-state index contributed by atoms with van der Waals surface area (Å²) in [4.78, 5) is 44.5. The average Bonchev–Trinajstić information content (AvgIpc) is 3.72. The smallest absolute Gasteiger partial charge is 0.413 e. The van der Waals surface area contributed by atoms with Gasteiger partial charge in [-0.15, -0.1) is 6.42 Å². The summed E-state index contributed by atoms with van der Waals surface area (Å²) in [5, 5.41) is 19.2. The number of terminal acetylenes is 1. The number of ether oxygens (including phenoxy) is 2. The molecule has 0 aromatic heterocycles. The number of anilines is 2. The molecule has 5 N–H and O–H groups in total. The minimum absolute atomic E-state index is 0.0339. The molecular formula is C39H41N7O5. The van der Waals surface area contributed by atoms with E-state index in [1.807, 2.05) is 23.1 Å². The molecule has 3 aliphatic heterocycles.